The quantitative estimate of drug-likeness (QED) is 0.0161. The van der Waals surface area contributed by atoms with E-state index in [1.807, 2.05) is 17.8 Å². The lowest BCUT2D eigenvalue weighted by molar-refractivity contribution is -0.137. The van der Waals surface area contributed by atoms with Gasteiger partial charge in [0.05, 0.1) is 35.5 Å². The number of nitrogens with zero attached hydrogens (tertiary/aromatic N) is 2. The van der Waals surface area contributed by atoms with E-state index in [4.69, 9.17) is 28.3 Å². The number of thiazole rings is 1. The number of anilines is 1. The summed E-state index contributed by atoms with van der Waals surface area (Å²) in [6.07, 6.45) is 1.59. The molecule has 0 spiro atoms. The van der Waals surface area contributed by atoms with Crippen LogP contribution in [0.25, 0.3) is 10.2 Å². The molecule has 10 atom stereocenters. The van der Waals surface area contributed by atoms with Crippen molar-refractivity contribution in [3.63, 3.8) is 0 Å². The van der Waals surface area contributed by atoms with Gasteiger partial charge in [-0.2, -0.15) is 17.0 Å². The number of aromatic hydroxyl groups is 1. The fraction of sp³-hybridized carbons (Fsp3) is 0.603. The van der Waals surface area contributed by atoms with Gasteiger partial charge in [0.15, 0.2) is 11.0 Å². The summed E-state index contributed by atoms with van der Waals surface area (Å²) in [6.45, 7) is -0.684. The van der Waals surface area contributed by atoms with Crippen molar-refractivity contribution in [2.24, 2.45) is 64.4 Å². The first kappa shape index (κ1) is 79.6. The smallest absolute Gasteiger partial charge is 0.315 e. The number of primary amides is 2. The van der Waals surface area contributed by atoms with Crippen LogP contribution >= 0.6 is 23.1 Å². The molecule has 3 heterocycles. The highest BCUT2D eigenvalue weighted by Crippen LogP contribution is 2.34. The monoisotopic (exact) mass is 1380 g/mol. The number of aliphatic hydroxyl groups excluding tert-OH is 2. The maximum Gasteiger partial charge on any atom is 0.315 e. The summed E-state index contributed by atoms with van der Waals surface area (Å²) in [4.78, 5) is 166. The van der Waals surface area contributed by atoms with Gasteiger partial charge in [-0.3, -0.25) is 58.1 Å². The van der Waals surface area contributed by atoms with E-state index in [-0.39, 0.29) is 137 Å². The molecule has 10 unspecified atom stereocenters. The molecule has 2 aliphatic rings. The van der Waals surface area contributed by atoms with Crippen LogP contribution in [0.15, 0.2) is 42.5 Å². The number of hydrogen-bond donors (Lipinski definition) is 13. The van der Waals surface area contributed by atoms with Crippen LogP contribution in [0.3, 0.4) is 0 Å². The largest absolute Gasteiger partial charge is 0.508 e. The van der Waals surface area contributed by atoms with Crippen LogP contribution in [0.2, 0.25) is 0 Å². The van der Waals surface area contributed by atoms with Crippen molar-refractivity contribution in [1.29, 1.82) is 10.7 Å². The zero-order valence-electron chi connectivity index (χ0n) is 55.0. The molecule has 0 aliphatic carbocycles. The maximum atomic E-state index is 14.5. The van der Waals surface area contributed by atoms with E-state index >= 15 is 0 Å². The Kier molecular flexibility index (Phi) is 34.4. The van der Waals surface area contributed by atoms with Crippen molar-refractivity contribution >= 4 is 115 Å². The number of rotatable bonds is 51. The van der Waals surface area contributed by atoms with E-state index in [0.717, 1.165) is 36.4 Å². The van der Waals surface area contributed by atoms with Gasteiger partial charge >= 0.3 is 6.03 Å². The Bertz CT molecular complexity index is 3270. The summed E-state index contributed by atoms with van der Waals surface area (Å²) in [5.41, 5.74) is 23.8. The van der Waals surface area contributed by atoms with Crippen molar-refractivity contribution in [1.82, 2.24) is 26.3 Å². The third-order valence-electron chi connectivity index (χ3n) is 17.9. The number of nitrogens with two attached hydrogens (primary N) is 4. The molecule has 0 radical (unpaired) electrons. The molecule has 3 aromatic rings. The number of carbonyl (C=O) groups is 12. The van der Waals surface area contributed by atoms with Gasteiger partial charge in [-0.05, 0) is 113 Å². The van der Waals surface area contributed by atoms with Crippen LogP contribution in [0.1, 0.15) is 165 Å². The van der Waals surface area contributed by atoms with E-state index in [1.54, 1.807) is 30.3 Å². The predicted molar refractivity (Wildman–Crippen MR) is 365 cm³/mol. The number of ketones is 7. The van der Waals surface area contributed by atoms with E-state index in [9.17, 15) is 78.1 Å². The molecule has 530 valence electrons. The van der Waals surface area contributed by atoms with Crippen molar-refractivity contribution < 1.29 is 72.9 Å². The van der Waals surface area contributed by atoms with Crippen molar-refractivity contribution in [2.45, 2.75) is 178 Å². The number of aromatic nitrogens is 1. The van der Waals surface area contributed by atoms with Crippen LogP contribution < -0.4 is 49.5 Å². The van der Waals surface area contributed by atoms with E-state index in [2.05, 4.69) is 31.6 Å². The maximum absolute atomic E-state index is 14.5. The Morgan fingerprint density at radius 3 is 1.75 bits per heavy atom. The summed E-state index contributed by atoms with van der Waals surface area (Å²) in [7, 11) is 0. The van der Waals surface area contributed by atoms with Crippen LogP contribution in [-0.4, -0.2) is 152 Å². The van der Waals surface area contributed by atoms with Crippen molar-refractivity contribution in [2.75, 3.05) is 43.9 Å². The standard InChI is InChI=1S/C68H96N12O15S2/c69-24-6-5-9-41(29-53(85)42(10-8-26-76-67(73)74)30-57(89)46(37-81)28-50(84)11-2-1-7-25-75-63(93)13-4-3-12-59-65-52(39-96-59)79-68(95)80-65)56(88)34-47(38-82)58(90)32-44(17-23-62(72)92)54(86)31-43(16-22-61(71)91)55(87)33-45(27-40-14-19-49(83)20-15-40)66(94)77-48-18-21-51-60(35-48)97-64(36-70)78-51/h14-15,18-21,35,41-47,52,59,65,81-83H,1-13,16-17,22-34,37-39,69H2,(H2,71,91)(H2,72,92)(H,75,93)(H,77,94)(H4,73,74,76)(H2,79,80,95). The zero-order valence-corrected chi connectivity index (χ0v) is 56.6. The summed E-state index contributed by atoms with van der Waals surface area (Å²) in [5, 5.41) is 62.8. The Morgan fingerprint density at radius 2 is 1.18 bits per heavy atom. The highest BCUT2D eigenvalue weighted by Gasteiger charge is 2.43. The van der Waals surface area contributed by atoms with Crippen LogP contribution in [-0.2, 0) is 59.2 Å². The first-order valence-corrected chi connectivity index (χ1v) is 35.4. The molecule has 17 N–H and O–H groups in total. The fourth-order valence-corrected chi connectivity index (χ4v) is 14.7. The molecule has 2 aliphatic heterocycles. The first-order chi connectivity index (χ1) is 46.4. The summed E-state index contributed by atoms with van der Waals surface area (Å²) < 4.78 is 0.615. The summed E-state index contributed by atoms with van der Waals surface area (Å²) in [5.74, 6) is -13.8. The molecule has 6 amide bonds. The number of Topliss-reactive ketones (excluding diaryl/α,β-unsaturated/α-hetero) is 7. The molecule has 5 rings (SSSR count). The Balaban J connectivity index is 1.20. The molecule has 29 heteroatoms. The first-order valence-electron chi connectivity index (χ1n) is 33.5. The van der Waals surface area contributed by atoms with Crippen molar-refractivity contribution in [3.8, 4) is 11.8 Å². The van der Waals surface area contributed by atoms with Crippen LogP contribution in [0, 0.1) is 58.2 Å². The molecular weight excluding hydrogens is 1290 g/mol. The van der Waals surface area contributed by atoms with Gasteiger partial charge in [-0.15, -0.1) is 11.3 Å². The molecule has 2 fully saturated rings. The average molecular weight is 1390 g/mol. The number of amides is 6. The zero-order chi connectivity index (χ0) is 71.0. The van der Waals surface area contributed by atoms with Crippen LogP contribution in [0.4, 0.5) is 10.5 Å². The number of thioether (sulfide) groups is 1. The molecule has 0 bridgehead atoms. The number of carbonyl (C=O) groups excluding carboxylic acids is 12. The van der Waals surface area contributed by atoms with Crippen LogP contribution in [0.5, 0.6) is 5.75 Å². The van der Waals surface area contributed by atoms with E-state index in [0.29, 0.717) is 71.8 Å². The Labute approximate surface area is 573 Å². The number of urea groups is 1. The average Bonchev–Trinajstić information content (AvgIpc) is 1.71. The second kappa shape index (κ2) is 41.9. The lowest BCUT2D eigenvalue weighted by atomic mass is 9.79. The summed E-state index contributed by atoms with van der Waals surface area (Å²) >= 11 is 2.95. The topological polar surface area (TPSA) is 490 Å². The fourth-order valence-electron chi connectivity index (χ4n) is 12.3. The summed E-state index contributed by atoms with van der Waals surface area (Å²) in [6, 6.07) is 12.9. The SMILES string of the molecule is N#Cc1nc2ccc(NC(=O)C(CC(=O)C(CCC(N)=O)CC(=O)C(CCC(N)=O)CC(=O)C(CO)CC(=O)C(CCCCN)CC(=O)C(CCCNC(=N)N)CC(=O)C(CO)CC(=O)CCCCCNC(=O)CCCCC3SCC4NC(=O)NC43)Cc3ccc(O)cc3)cc2s1. The van der Waals surface area contributed by atoms with Gasteiger partial charge < -0.3 is 64.8 Å². The second-order valence-corrected chi connectivity index (χ2v) is 27.8. The van der Waals surface area contributed by atoms with Gasteiger partial charge in [0.1, 0.15) is 52.3 Å². The number of benzene rings is 2. The minimum Gasteiger partial charge on any atom is -0.508 e. The van der Waals surface area contributed by atoms with E-state index < -0.39 is 133 Å². The molecule has 1 aromatic heterocycles. The predicted octanol–water partition coefficient (Wildman–Crippen LogP) is 4.39. The third kappa shape index (κ3) is 28.1. The highest BCUT2D eigenvalue weighted by molar-refractivity contribution is 8.00. The van der Waals surface area contributed by atoms with Gasteiger partial charge in [-0.1, -0.05) is 31.4 Å². The number of unbranched alkanes of at least 4 members (excludes halogenated alkanes) is 4. The van der Waals surface area contributed by atoms with Gasteiger partial charge in [0.25, 0.3) is 0 Å². The number of guanidine groups is 1. The number of phenolic OH excluding ortho intramolecular Hbond substituents is 1. The van der Waals surface area contributed by atoms with Gasteiger partial charge in [-0.25, -0.2) is 9.78 Å². The number of nitriles is 1. The number of nitrogens with one attached hydrogen (secondary N) is 6. The van der Waals surface area contributed by atoms with Gasteiger partial charge in [0, 0.05) is 142 Å². The molecule has 0 saturated carbocycles. The van der Waals surface area contributed by atoms with Gasteiger partial charge in [0.2, 0.25) is 23.6 Å². The van der Waals surface area contributed by atoms with Crippen molar-refractivity contribution in [3.05, 3.63) is 53.0 Å². The molecular formula is C68H96N12O15S2. The molecule has 97 heavy (non-hydrogen) atoms. The Morgan fingerprint density at radius 1 is 0.629 bits per heavy atom. The molecule has 2 saturated heterocycles. The lowest BCUT2D eigenvalue weighted by Gasteiger charge is -2.24. The number of phenols is 1. The lowest BCUT2D eigenvalue weighted by Crippen LogP contribution is -2.36. The number of aliphatic hydroxyl groups is 2. The minimum atomic E-state index is -1.41. The Hall–Kier alpha value is -8.04. The second-order valence-electron chi connectivity index (χ2n) is 25.5. The van der Waals surface area contributed by atoms with E-state index in [1.165, 1.54) is 12.1 Å². The normalized spacial score (nSPS) is 17.0. The minimum absolute atomic E-state index is 0.00973. The third-order valence-corrected chi connectivity index (χ3v) is 20.4. The number of hydrogen-bond acceptors (Lipinski definition) is 21. The molecule has 27 nitrogen and oxygen atoms in total. The highest BCUT2D eigenvalue weighted by atomic mass is 32.2. The number of fused-ring (bicyclic) bond motifs is 2. The molecule has 2 aromatic carbocycles.